The highest BCUT2D eigenvalue weighted by molar-refractivity contribution is 6.04. The molecule has 2 aromatic rings. The van der Waals surface area contributed by atoms with E-state index in [-0.39, 0.29) is 25.0 Å². The van der Waals surface area contributed by atoms with E-state index in [0.717, 1.165) is 11.1 Å². The molecule has 0 radical (unpaired) electrons. The maximum absolute atomic E-state index is 13.3. The number of likely N-dealkylation sites (N-methyl/N-ethyl adjacent to an activating group) is 1. The first-order valence-corrected chi connectivity index (χ1v) is 10.1. The maximum atomic E-state index is 13.3. The van der Waals surface area contributed by atoms with Gasteiger partial charge in [-0.2, -0.15) is 0 Å². The van der Waals surface area contributed by atoms with E-state index >= 15 is 0 Å². The van der Waals surface area contributed by atoms with E-state index in [9.17, 15) is 18.8 Å². The highest BCUT2D eigenvalue weighted by Gasteiger charge is 2.43. The molecule has 0 aliphatic carbocycles. The van der Waals surface area contributed by atoms with Crippen molar-refractivity contribution in [3.05, 3.63) is 76.7 Å². The zero-order chi connectivity index (χ0) is 22.1. The zero-order valence-corrected chi connectivity index (χ0v) is 17.3. The first-order chi connectivity index (χ1) is 14.9. The average molecular weight is 422 g/mol. The van der Waals surface area contributed by atoms with Crippen LogP contribution in [0.15, 0.2) is 59.8 Å². The van der Waals surface area contributed by atoms with Crippen molar-refractivity contribution in [2.45, 2.75) is 19.9 Å². The van der Waals surface area contributed by atoms with Crippen LogP contribution >= 0.6 is 0 Å². The standard InChI is InChI=1S/C23H23FN4O3/c1-3-28-18-12-27(13-19(29)25-17-9-7-16(24)8-10-17)22(30)20(18)21(26-23(28)31)15-6-4-5-14(2)11-15/h4-11,21H,3,12-13H2,1-2H3,(H,25,29)(H,26,31)/t21-/m0/s1. The number of halogens is 1. The molecule has 8 heteroatoms. The summed E-state index contributed by atoms with van der Waals surface area (Å²) in [5, 5.41) is 5.60. The topological polar surface area (TPSA) is 81.8 Å². The molecule has 2 N–H and O–H groups in total. The lowest BCUT2D eigenvalue weighted by Crippen LogP contribution is -2.47. The van der Waals surface area contributed by atoms with Crippen molar-refractivity contribution in [3.63, 3.8) is 0 Å². The molecule has 0 saturated heterocycles. The quantitative estimate of drug-likeness (QED) is 0.777. The van der Waals surface area contributed by atoms with Crippen LogP contribution in [-0.4, -0.2) is 47.3 Å². The van der Waals surface area contributed by atoms with Gasteiger partial charge < -0.3 is 15.5 Å². The summed E-state index contributed by atoms with van der Waals surface area (Å²) in [6, 6.07) is 12.2. The molecule has 2 aliphatic heterocycles. The van der Waals surface area contributed by atoms with E-state index in [2.05, 4.69) is 10.6 Å². The van der Waals surface area contributed by atoms with Crippen molar-refractivity contribution in [1.29, 1.82) is 0 Å². The molecule has 0 saturated carbocycles. The SMILES string of the molecule is CCN1C(=O)N[C@@H](c2cccc(C)c2)C2=C1CN(CC(=O)Nc1ccc(F)cc1)C2=O. The number of carbonyl (C=O) groups excluding carboxylic acids is 3. The molecule has 2 aliphatic rings. The van der Waals surface area contributed by atoms with Crippen LogP contribution in [0.3, 0.4) is 0 Å². The summed E-state index contributed by atoms with van der Waals surface area (Å²) < 4.78 is 13.1. The molecule has 4 amide bonds. The normalized spacial score (nSPS) is 18.2. The van der Waals surface area contributed by atoms with Gasteiger partial charge in [0.2, 0.25) is 5.91 Å². The first kappa shape index (κ1) is 20.6. The minimum absolute atomic E-state index is 0.171. The largest absolute Gasteiger partial charge is 0.326 e. The van der Waals surface area contributed by atoms with E-state index in [4.69, 9.17) is 0 Å². The number of anilines is 1. The van der Waals surface area contributed by atoms with Gasteiger partial charge in [-0.05, 0) is 43.7 Å². The molecule has 4 rings (SSSR count). The van der Waals surface area contributed by atoms with Crippen LogP contribution in [0.1, 0.15) is 24.1 Å². The lowest BCUT2D eigenvalue weighted by Gasteiger charge is -2.33. The monoisotopic (exact) mass is 422 g/mol. The molecule has 0 spiro atoms. The number of rotatable bonds is 5. The minimum Gasteiger partial charge on any atom is -0.326 e. The van der Waals surface area contributed by atoms with Crippen LogP contribution in [0, 0.1) is 12.7 Å². The third kappa shape index (κ3) is 4.01. The average Bonchev–Trinajstić information content (AvgIpc) is 3.05. The van der Waals surface area contributed by atoms with E-state index in [1.54, 1.807) is 0 Å². The fourth-order valence-corrected chi connectivity index (χ4v) is 4.02. The smallest absolute Gasteiger partial charge is 0.322 e. The molecule has 0 bridgehead atoms. The Morgan fingerprint density at radius 3 is 2.61 bits per heavy atom. The lowest BCUT2D eigenvalue weighted by molar-refractivity contribution is -0.130. The van der Waals surface area contributed by atoms with E-state index in [1.807, 2.05) is 38.1 Å². The van der Waals surface area contributed by atoms with Crippen LogP contribution in [0.5, 0.6) is 0 Å². The van der Waals surface area contributed by atoms with Gasteiger partial charge in [-0.3, -0.25) is 14.5 Å². The number of urea groups is 1. The van der Waals surface area contributed by atoms with E-state index in [1.165, 1.54) is 34.1 Å². The second-order valence-electron chi connectivity index (χ2n) is 7.62. The van der Waals surface area contributed by atoms with Gasteiger partial charge in [-0.25, -0.2) is 9.18 Å². The van der Waals surface area contributed by atoms with Crippen LogP contribution in [0.2, 0.25) is 0 Å². The van der Waals surface area contributed by atoms with Crippen molar-refractivity contribution in [3.8, 4) is 0 Å². The Kier molecular flexibility index (Phi) is 5.46. The summed E-state index contributed by atoms with van der Waals surface area (Å²) in [4.78, 5) is 41.4. The molecular weight excluding hydrogens is 399 g/mol. The Hall–Kier alpha value is -3.68. The second kappa shape index (κ2) is 8.22. The second-order valence-corrected chi connectivity index (χ2v) is 7.62. The van der Waals surface area contributed by atoms with Crippen molar-refractivity contribution in [2.75, 3.05) is 25.0 Å². The van der Waals surface area contributed by atoms with E-state index < -0.39 is 17.8 Å². The highest BCUT2D eigenvalue weighted by Crippen LogP contribution is 2.36. The minimum atomic E-state index is -0.567. The van der Waals surface area contributed by atoms with Gasteiger partial charge in [-0.1, -0.05) is 29.8 Å². The van der Waals surface area contributed by atoms with Crippen molar-refractivity contribution in [1.82, 2.24) is 15.1 Å². The summed E-state index contributed by atoms with van der Waals surface area (Å²) in [7, 11) is 0. The Bertz CT molecular complexity index is 1080. The number of carbonyl (C=O) groups is 3. The van der Waals surface area contributed by atoms with Gasteiger partial charge in [-0.15, -0.1) is 0 Å². The Morgan fingerprint density at radius 2 is 1.94 bits per heavy atom. The predicted molar refractivity (Wildman–Crippen MR) is 113 cm³/mol. The zero-order valence-electron chi connectivity index (χ0n) is 17.3. The van der Waals surface area contributed by atoms with Gasteiger partial charge in [0.05, 0.1) is 23.9 Å². The number of benzene rings is 2. The van der Waals surface area contributed by atoms with Crippen LogP contribution in [0.4, 0.5) is 14.9 Å². The van der Waals surface area contributed by atoms with Crippen molar-refractivity contribution >= 4 is 23.5 Å². The molecule has 0 unspecified atom stereocenters. The lowest BCUT2D eigenvalue weighted by atomic mass is 9.94. The molecule has 2 heterocycles. The number of nitrogens with one attached hydrogen (secondary N) is 2. The Morgan fingerprint density at radius 1 is 1.19 bits per heavy atom. The summed E-state index contributed by atoms with van der Waals surface area (Å²) in [5.74, 6) is -1.08. The third-order valence-corrected chi connectivity index (χ3v) is 5.45. The Labute approximate surface area is 179 Å². The summed E-state index contributed by atoms with van der Waals surface area (Å²) in [5.41, 5.74) is 3.40. The predicted octanol–water partition coefficient (Wildman–Crippen LogP) is 2.96. The summed E-state index contributed by atoms with van der Waals surface area (Å²) in [6.45, 7) is 4.20. The fourth-order valence-electron chi connectivity index (χ4n) is 4.02. The van der Waals surface area contributed by atoms with Gasteiger partial charge in [0.1, 0.15) is 12.4 Å². The Balaban J connectivity index is 1.57. The molecular formula is C23H23FN4O3. The highest BCUT2D eigenvalue weighted by atomic mass is 19.1. The van der Waals surface area contributed by atoms with Crippen LogP contribution < -0.4 is 10.6 Å². The summed E-state index contributed by atoms with van der Waals surface area (Å²) >= 11 is 0. The van der Waals surface area contributed by atoms with Gasteiger partial charge in [0.15, 0.2) is 0 Å². The van der Waals surface area contributed by atoms with Crippen LogP contribution in [0.25, 0.3) is 0 Å². The number of nitrogens with zero attached hydrogens (tertiary/aromatic N) is 2. The van der Waals surface area contributed by atoms with Gasteiger partial charge >= 0.3 is 6.03 Å². The molecule has 0 fully saturated rings. The number of amides is 4. The van der Waals surface area contributed by atoms with Crippen LogP contribution in [-0.2, 0) is 9.59 Å². The van der Waals surface area contributed by atoms with E-state index in [0.29, 0.717) is 23.5 Å². The number of hydrogen-bond donors (Lipinski definition) is 2. The molecule has 160 valence electrons. The molecule has 2 aromatic carbocycles. The molecule has 31 heavy (non-hydrogen) atoms. The number of hydrogen-bond acceptors (Lipinski definition) is 3. The number of aryl methyl sites for hydroxylation is 1. The fraction of sp³-hybridized carbons (Fsp3) is 0.261. The third-order valence-electron chi connectivity index (χ3n) is 5.45. The van der Waals surface area contributed by atoms with Crippen molar-refractivity contribution in [2.24, 2.45) is 0 Å². The van der Waals surface area contributed by atoms with Gasteiger partial charge in [0, 0.05) is 12.2 Å². The first-order valence-electron chi connectivity index (χ1n) is 10.1. The molecule has 7 nitrogen and oxygen atoms in total. The molecule has 1 atom stereocenters. The van der Waals surface area contributed by atoms with Crippen molar-refractivity contribution < 1.29 is 18.8 Å². The van der Waals surface area contributed by atoms with Gasteiger partial charge in [0.25, 0.3) is 5.91 Å². The molecule has 0 aromatic heterocycles. The summed E-state index contributed by atoms with van der Waals surface area (Å²) in [6.07, 6.45) is 0. The maximum Gasteiger partial charge on any atom is 0.322 e.